The molecule has 2 aromatic rings. The standard InChI is InChI=1S/C24H28N2O5/c1-30-19-6-3-5-17-21(19)24(29)22-18(23(17)28)13-16(14-20(22)31-2)15-26-10-8-25(9-11-26)7-4-12-27/h3,5-6,13-14,27H,4,7-12,15H2,1-2H3. The smallest absolute Gasteiger partial charge is 0.201 e. The van der Waals surface area contributed by atoms with Gasteiger partial charge in [-0.2, -0.15) is 0 Å². The van der Waals surface area contributed by atoms with Crippen molar-refractivity contribution in [3.63, 3.8) is 0 Å². The summed E-state index contributed by atoms with van der Waals surface area (Å²) in [5, 5.41) is 9.01. The van der Waals surface area contributed by atoms with Crippen LogP contribution in [-0.2, 0) is 6.54 Å². The first-order valence-electron chi connectivity index (χ1n) is 10.6. The van der Waals surface area contributed by atoms with Crippen molar-refractivity contribution in [2.75, 3.05) is 53.6 Å². The van der Waals surface area contributed by atoms with E-state index < -0.39 is 0 Å². The molecule has 0 atom stereocenters. The largest absolute Gasteiger partial charge is 0.496 e. The average Bonchev–Trinajstić information content (AvgIpc) is 2.81. The van der Waals surface area contributed by atoms with E-state index >= 15 is 0 Å². The first-order chi connectivity index (χ1) is 15.1. The summed E-state index contributed by atoms with van der Waals surface area (Å²) < 4.78 is 10.9. The van der Waals surface area contributed by atoms with Crippen LogP contribution >= 0.6 is 0 Å². The Morgan fingerprint density at radius 3 is 2.23 bits per heavy atom. The molecule has 1 heterocycles. The van der Waals surface area contributed by atoms with Crippen LogP contribution in [0, 0.1) is 0 Å². The summed E-state index contributed by atoms with van der Waals surface area (Å²) in [5.41, 5.74) is 2.32. The van der Waals surface area contributed by atoms with Crippen LogP contribution < -0.4 is 9.47 Å². The third-order valence-corrected chi connectivity index (χ3v) is 6.07. The molecular formula is C24H28N2O5. The molecule has 1 N–H and O–H groups in total. The summed E-state index contributed by atoms with van der Waals surface area (Å²) >= 11 is 0. The number of ether oxygens (including phenoxy) is 2. The van der Waals surface area contributed by atoms with E-state index in [1.165, 1.54) is 14.2 Å². The van der Waals surface area contributed by atoms with Crippen molar-refractivity contribution in [2.24, 2.45) is 0 Å². The first kappa shape index (κ1) is 21.5. The Hall–Kier alpha value is -2.74. The van der Waals surface area contributed by atoms with Crippen LogP contribution in [0.15, 0.2) is 30.3 Å². The van der Waals surface area contributed by atoms with Crippen LogP contribution in [0.2, 0.25) is 0 Å². The normalized spacial score (nSPS) is 16.7. The van der Waals surface area contributed by atoms with Crippen molar-refractivity contribution < 1.29 is 24.2 Å². The number of carbonyl (C=O) groups excluding carboxylic acids is 2. The quantitative estimate of drug-likeness (QED) is 0.621. The molecule has 0 amide bonds. The van der Waals surface area contributed by atoms with Crippen LogP contribution in [0.25, 0.3) is 0 Å². The van der Waals surface area contributed by atoms with Gasteiger partial charge in [0.05, 0.1) is 25.3 Å². The number of nitrogens with zero attached hydrogens (tertiary/aromatic N) is 2. The molecule has 1 fully saturated rings. The summed E-state index contributed by atoms with van der Waals surface area (Å²) in [7, 11) is 3.02. The van der Waals surface area contributed by atoms with Gasteiger partial charge in [0.2, 0.25) is 5.78 Å². The molecular weight excluding hydrogens is 396 g/mol. The number of methoxy groups -OCH3 is 2. The van der Waals surface area contributed by atoms with Crippen molar-refractivity contribution in [1.29, 1.82) is 0 Å². The van der Waals surface area contributed by atoms with Gasteiger partial charge in [0.1, 0.15) is 11.5 Å². The molecule has 164 valence electrons. The zero-order valence-electron chi connectivity index (χ0n) is 18.0. The van der Waals surface area contributed by atoms with Crippen LogP contribution in [0.3, 0.4) is 0 Å². The summed E-state index contributed by atoms with van der Waals surface area (Å²) in [6, 6.07) is 8.79. The van der Waals surface area contributed by atoms with Crippen LogP contribution in [0.1, 0.15) is 43.8 Å². The first-order valence-corrected chi connectivity index (χ1v) is 10.6. The van der Waals surface area contributed by atoms with Gasteiger partial charge in [0, 0.05) is 57.0 Å². The average molecular weight is 424 g/mol. The maximum atomic E-state index is 13.3. The van der Waals surface area contributed by atoms with E-state index in [4.69, 9.17) is 14.6 Å². The highest BCUT2D eigenvalue weighted by atomic mass is 16.5. The molecule has 0 saturated carbocycles. The topological polar surface area (TPSA) is 79.3 Å². The maximum Gasteiger partial charge on any atom is 0.201 e. The molecule has 1 aliphatic heterocycles. The van der Waals surface area contributed by atoms with E-state index in [9.17, 15) is 9.59 Å². The number of aliphatic hydroxyl groups is 1. The number of hydrogen-bond acceptors (Lipinski definition) is 7. The second-order valence-corrected chi connectivity index (χ2v) is 7.96. The van der Waals surface area contributed by atoms with Crippen LogP contribution in [-0.4, -0.2) is 80.0 Å². The Labute approximate surface area is 182 Å². The highest BCUT2D eigenvalue weighted by Gasteiger charge is 2.35. The van der Waals surface area contributed by atoms with Gasteiger partial charge in [0.25, 0.3) is 0 Å². The molecule has 2 aliphatic rings. The Kier molecular flexibility index (Phi) is 6.36. The molecule has 2 aromatic carbocycles. The monoisotopic (exact) mass is 424 g/mol. The fourth-order valence-electron chi connectivity index (χ4n) is 4.46. The van der Waals surface area contributed by atoms with Gasteiger partial charge in [-0.15, -0.1) is 0 Å². The second kappa shape index (κ2) is 9.18. The number of aliphatic hydroxyl groups excluding tert-OH is 1. The highest BCUT2D eigenvalue weighted by Crippen LogP contribution is 2.38. The van der Waals surface area contributed by atoms with E-state index in [-0.39, 0.29) is 18.2 Å². The maximum absolute atomic E-state index is 13.3. The predicted molar refractivity (Wildman–Crippen MR) is 116 cm³/mol. The lowest BCUT2D eigenvalue weighted by Crippen LogP contribution is -2.46. The highest BCUT2D eigenvalue weighted by molar-refractivity contribution is 6.30. The molecule has 0 unspecified atom stereocenters. The van der Waals surface area contributed by atoms with Crippen LogP contribution in [0.4, 0.5) is 0 Å². The van der Waals surface area contributed by atoms with E-state index in [1.807, 2.05) is 12.1 Å². The minimum absolute atomic E-state index is 0.183. The van der Waals surface area contributed by atoms with E-state index in [0.717, 1.165) is 44.7 Å². The molecule has 0 aromatic heterocycles. The van der Waals surface area contributed by atoms with Crippen molar-refractivity contribution in [1.82, 2.24) is 9.80 Å². The number of fused-ring (bicyclic) bond motifs is 2. The van der Waals surface area contributed by atoms with Crippen LogP contribution in [0.5, 0.6) is 11.5 Å². The lowest BCUT2D eigenvalue weighted by molar-refractivity contribution is 0.0973. The summed E-state index contributed by atoms with van der Waals surface area (Å²) in [6.45, 7) is 5.55. The lowest BCUT2D eigenvalue weighted by atomic mass is 9.82. The molecule has 7 heteroatoms. The predicted octanol–water partition coefficient (Wildman–Crippen LogP) is 1.98. The van der Waals surface area contributed by atoms with E-state index in [0.29, 0.717) is 40.3 Å². The molecule has 1 aliphatic carbocycles. The van der Waals surface area contributed by atoms with Gasteiger partial charge in [-0.05, 0) is 30.2 Å². The van der Waals surface area contributed by atoms with Gasteiger partial charge < -0.3 is 19.5 Å². The van der Waals surface area contributed by atoms with Gasteiger partial charge in [-0.3, -0.25) is 14.5 Å². The van der Waals surface area contributed by atoms with Gasteiger partial charge in [-0.1, -0.05) is 12.1 Å². The minimum Gasteiger partial charge on any atom is -0.496 e. The molecule has 1 saturated heterocycles. The lowest BCUT2D eigenvalue weighted by Gasteiger charge is -2.34. The Morgan fingerprint density at radius 1 is 0.871 bits per heavy atom. The zero-order chi connectivity index (χ0) is 22.0. The van der Waals surface area contributed by atoms with Crippen molar-refractivity contribution in [3.05, 3.63) is 58.1 Å². The summed E-state index contributed by atoms with van der Waals surface area (Å²) in [6.07, 6.45) is 0.796. The number of piperazine rings is 1. The minimum atomic E-state index is -0.247. The fourth-order valence-corrected chi connectivity index (χ4v) is 4.46. The molecule has 0 radical (unpaired) electrons. The third kappa shape index (κ3) is 4.08. The van der Waals surface area contributed by atoms with E-state index in [1.54, 1.807) is 18.2 Å². The molecule has 31 heavy (non-hydrogen) atoms. The van der Waals surface area contributed by atoms with Crippen molar-refractivity contribution in [2.45, 2.75) is 13.0 Å². The SMILES string of the molecule is COc1cccc2c1C(=O)c1c(OC)cc(CN3CCN(CCCO)CC3)cc1C2=O. The Balaban J connectivity index is 1.60. The second-order valence-electron chi connectivity index (χ2n) is 7.96. The van der Waals surface area contributed by atoms with E-state index in [2.05, 4.69) is 9.80 Å². The van der Waals surface area contributed by atoms with Gasteiger partial charge in [0.15, 0.2) is 5.78 Å². The number of benzene rings is 2. The molecule has 7 nitrogen and oxygen atoms in total. The number of hydrogen-bond donors (Lipinski definition) is 1. The number of carbonyl (C=O) groups is 2. The number of ketones is 2. The molecule has 0 spiro atoms. The Bertz CT molecular complexity index is 996. The fraction of sp³-hybridized carbons (Fsp3) is 0.417. The molecule has 4 rings (SSSR count). The summed E-state index contributed by atoms with van der Waals surface area (Å²) in [5.74, 6) is 0.385. The zero-order valence-corrected chi connectivity index (χ0v) is 18.0. The molecule has 0 bridgehead atoms. The summed E-state index contributed by atoms with van der Waals surface area (Å²) in [4.78, 5) is 31.3. The third-order valence-electron chi connectivity index (χ3n) is 6.07. The van der Waals surface area contributed by atoms with Crippen molar-refractivity contribution >= 4 is 11.6 Å². The van der Waals surface area contributed by atoms with Gasteiger partial charge >= 0.3 is 0 Å². The number of rotatable bonds is 7. The Morgan fingerprint density at radius 2 is 1.55 bits per heavy atom. The van der Waals surface area contributed by atoms with Crippen molar-refractivity contribution in [3.8, 4) is 11.5 Å². The van der Waals surface area contributed by atoms with Gasteiger partial charge in [-0.25, -0.2) is 0 Å².